The second kappa shape index (κ2) is 3.58. The quantitative estimate of drug-likeness (QED) is 0.392. The van der Waals surface area contributed by atoms with Crippen LogP contribution in [0.5, 0.6) is 0 Å². The first-order valence-electron chi connectivity index (χ1n) is 6.72. The number of hydrogen-bond acceptors (Lipinski definition) is 1. The van der Waals surface area contributed by atoms with Crippen molar-refractivity contribution in [2.75, 3.05) is 0 Å². The molecule has 2 heteroatoms. The molecule has 94 valence electrons. The molecule has 0 saturated carbocycles. The van der Waals surface area contributed by atoms with Crippen molar-refractivity contribution < 1.29 is 0 Å². The lowest BCUT2D eigenvalue weighted by atomic mass is 9.97. The number of hydrogen-bond donors (Lipinski definition) is 0. The number of benzene rings is 2. The molecule has 2 aromatic carbocycles. The Bertz CT molecular complexity index is 882. The van der Waals surface area contributed by atoms with Crippen molar-refractivity contribution in [2.24, 2.45) is 0 Å². The third-order valence-corrected chi connectivity index (χ3v) is 4.90. The van der Waals surface area contributed by atoms with Crippen LogP contribution in [0, 0.1) is 0 Å². The summed E-state index contributed by atoms with van der Waals surface area (Å²) in [5.41, 5.74) is 9.38. The smallest absolute Gasteiger partial charge is 0.0601 e. The second-order valence-electron chi connectivity index (χ2n) is 5.37. The van der Waals surface area contributed by atoms with Crippen LogP contribution in [-0.4, -0.2) is 4.98 Å². The van der Waals surface area contributed by atoms with Gasteiger partial charge < -0.3 is 0 Å². The van der Waals surface area contributed by atoms with Crippen LogP contribution < -0.4 is 0 Å². The lowest BCUT2D eigenvalue weighted by Gasteiger charge is -2.09. The first-order valence-corrected chi connectivity index (χ1v) is 7.52. The molecule has 0 amide bonds. The summed E-state index contributed by atoms with van der Waals surface area (Å²) in [5.74, 6) is 0.310. The highest BCUT2D eigenvalue weighted by Gasteiger charge is 2.39. The maximum atomic E-state index is 4.67. The van der Waals surface area contributed by atoms with Crippen LogP contribution in [0.4, 0.5) is 0 Å². The molecule has 1 atom stereocenters. The van der Waals surface area contributed by atoms with Gasteiger partial charge in [-0.1, -0.05) is 46.3 Å². The largest absolute Gasteiger partial charge is 0.260 e. The van der Waals surface area contributed by atoms with Gasteiger partial charge in [-0.05, 0) is 46.0 Å². The van der Waals surface area contributed by atoms with Crippen molar-refractivity contribution in [3.05, 3.63) is 76.0 Å². The van der Waals surface area contributed by atoms with Gasteiger partial charge in [0, 0.05) is 16.2 Å². The number of nitrogens with zero attached hydrogens (tertiary/aromatic N) is 1. The van der Waals surface area contributed by atoms with Gasteiger partial charge in [0.1, 0.15) is 0 Å². The van der Waals surface area contributed by atoms with Gasteiger partial charge >= 0.3 is 0 Å². The summed E-state index contributed by atoms with van der Waals surface area (Å²) in [5, 5.41) is 0. The summed E-state index contributed by atoms with van der Waals surface area (Å²) in [4.78, 5) is 4.67. The zero-order valence-electron chi connectivity index (χ0n) is 10.6. The minimum atomic E-state index is 0.310. The molecule has 1 unspecified atom stereocenters. The Hall–Kier alpha value is -1.93. The Morgan fingerprint density at radius 3 is 2.55 bits per heavy atom. The Labute approximate surface area is 125 Å². The Kier molecular flexibility index (Phi) is 1.94. The highest BCUT2D eigenvalue weighted by molar-refractivity contribution is 9.10. The number of aromatic nitrogens is 1. The van der Waals surface area contributed by atoms with E-state index >= 15 is 0 Å². The van der Waals surface area contributed by atoms with E-state index in [1.165, 1.54) is 39.1 Å². The first kappa shape index (κ1) is 10.8. The minimum absolute atomic E-state index is 0.310. The fourth-order valence-corrected chi connectivity index (χ4v) is 4.06. The van der Waals surface area contributed by atoms with Gasteiger partial charge in [0.2, 0.25) is 0 Å². The molecule has 0 saturated heterocycles. The number of pyridine rings is 1. The number of halogens is 1. The highest BCUT2D eigenvalue weighted by Crippen LogP contribution is 2.57. The zero-order valence-corrected chi connectivity index (χ0v) is 12.2. The van der Waals surface area contributed by atoms with Gasteiger partial charge in [0.15, 0.2) is 0 Å². The van der Waals surface area contributed by atoms with E-state index < -0.39 is 0 Å². The summed E-state index contributed by atoms with van der Waals surface area (Å²) < 4.78 is 1.13. The molecule has 1 heterocycles. The van der Waals surface area contributed by atoms with Crippen molar-refractivity contribution in [2.45, 2.75) is 5.92 Å². The Morgan fingerprint density at radius 1 is 0.850 bits per heavy atom. The van der Waals surface area contributed by atoms with E-state index in [0.717, 1.165) is 4.47 Å². The SMILES string of the molecule is Brc1ccc2c(c1)C1c3ncccc3-c3cccc-2c31. The standard InChI is InChI=1S/C18H10BrN/c19-10-6-7-11-12-3-1-4-13-14-5-2-8-20-18(14)17(16(12)13)15(11)9-10/h1-9,17H. The Morgan fingerprint density at radius 2 is 1.65 bits per heavy atom. The third-order valence-electron chi connectivity index (χ3n) is 4.41. The summed E-state index contributed by atoms with van der Waals surface area (Å²) in [6, 6.07) is 17.4. The number of fused-ring (bicyclic) bond motifs is 6. The van der Waals surface area contributed by atoms with Crippen LogP contribution in [-0.2, 0) is 0 Å². The van der Waals surface area contributed by atoms with Crippen molar-refractivity contribution in [3.63, 3.8) is 0 Å². The van der Waals surface area contributed by atoms with Crippen LogP contribution in [0.3, 0.4) is 0 Å². The van der Waals surface area contributed by atoms with Gasteiger partial charge in [0.25, 0.3) is 0 Å². The summed E-state index contributed by atoms with van der Waals surface area (Å²) in [7, 11) is 0. The van der Waals surface area contributed by atoms with Crippen molar-refractivity contribution in [1.82, 2.24) is 4.98 Å². The van der Waals surface area contributed by atoms with Gasteiger partial charge in [-0.3, -0.25) is 4.98 Å². The molecule has 1 nitrogen and oxygen atoms in total. The predicted octanol–water partition coefficient (Wildman–Crippen LogP) is 4.99. The highest BCUT2D eigenvalue weighted by atomic mass is 79.9. The average Bonchev–Trinajstić information content (AvgIpc) is 2.98. The van der Waals surface area contributed by atoms with Crippen LogP contribution >= 0.6 is 15.9 Å². The second-order valence-corrected chi connectivity index (χ2v) is 6.28. The molecule has 0 aliphatic heterocycles. The lowest BCUT2D eigenvalue weighted by Crippen LogP contribution is -1.97. The van der Waals surface area contributed by atoms with Crippen LogP contribution in [0.15, 0.2) is 59.2 Å². The zero-order chi connectivity index (χ0) is 13.3. The Balaban J connectivity index is 1.96. The molecule has 5 rings (SSSR count). The molecule has 20 heavy (non-hydrogen) atoms. The predicted molar refractivity (Wildman–Crippen MR) is 83.8 cm³/mol. The van der Waals surface area contributed by atoms with Crippen molar-refractivity contribution >= 4 is 15.9 Å². The molecule has 0 radical (unpaired) electrons. The van der Waals surface area contributed by atoms with E-state index in [9.17, 15) is 0 Å². The minimum Gasteiger partial charge on any atom is -0.260 e. The van der Waals surface area contributed by atoms with E-state index in [1.807, 2.05) is 12.3 Å². The van der Waals surface area contributed by atoms with Gasteiger partial charge in [-0.15, -0.1) is 0 Å². The summed E-state index contributed by atoms with van der Waals surface area (Å²) in [6.45, 7) is 0. The van der Waals surface area contributed by atoms with Crippen molar-refractivity contribution in [1.29, 1.82) is 0 Å². The fourth-order valence-electron chi connectivity index (χ4n) is 3.68. The molecule has 2 aliphatic rings. The van der Waals surface area contributed by atoms with Crippen molar-refractivity contribution in [3.8, 4) is 22.3 Å². The maximum Gasteiger partial charge on any atom is 0.0601 e. The van der Waals surface area contributed by atoms with Gasteiger partial charge in [0.05, 0.1) is 11.6 Å². The van der Waals surface area contributed by atoms with Crippen LogP contribution in [0.2, 0.25) is 0 Å². The topological polar surface area (TPSA) is 12.9 Å². The van der Waals surface area contributed by atoms with E-state index in [4.69, 9.17) is 0 Å². The molecule has 1 aromatic heterocycles. The number of rotatable bonds is 0. The molecular formula is C18H10BrN. The monoisotopic (exact) mass is 319 g/mol. The maximum absolute atomic E-state index is 4.67. The lowest BCUT2D eigenvalue weighted by molar-refractivity contribution is 0.981. The fraction of sp³-hybridized carbons (Fsp3) is 0.0556. The summed E-state index contributed by atoms with van der Waals surface area (Å²) in [6.07, 6.45) is 1.90. The van der Waals surface area contributed by atoms with E-state index in [-0.39, 0.29) is 0 Å². The first-order chi connectivity index (χ1) is 9.84. The molecule has 0 N–H and O–H groups in total. The summed E-state index contributed by atoms with van der Waals surface area (Å²) >= 11 is 3.60. The third kappa shape index (κ3) is 1.16. The molecule has 3 aromatic rings. The molecular weight excluding hydrogens is 310 g/mol. The van der Waals surface area contributed by atoms with E-state index in [1.54, 1.807) is 0 Å². The molecule has 0 spiro atoms. The molecule has 0 fully saturated rings. The average molecular weight is 320 g/mol. The normalized spacial score (nSPS) is 16.8. The van der Waals surface area contributed by atoms with Crippen LogP contribution in [0.25, 0.3) is 22.3 Å². The van der Waals surface area contributed by atoms with E-state index in [0.29, 0.717) is 5.92 Å². The van der Waals surface area contributed by atoms with Gasteiger partial charge in [-0.25, -0.2) is 0 Å². The van der Waals surface area contributed by atoms with Gasteiger partial charge in [-0.2, -0.15) is 0 Å². The molecule has 0 bridgehead atoms. The molecule has 2 aliphatic carbocycles. The van der Waals surface area contributed by atoms with Crippen LogP contribution in [0.1, 0.15) is 22.7 Å². The van der Waals surface area contributed by atoms with E-state index in [2.05, 4.69) is 63.4 Å².